The second-order valence-corrected chi connectivity index (χ2v) is 12.1. The van der Waals surface area contributed by atoms with Crippen molar-refractivity contribution in [2.45, 2.75) is 59.4 Å². The fraction of sp³-hybridized carbons (Fsp3) is 0.526. The zero-order valence-corrected chi connectivity index (χ0v) is 28.9. The van der Waals surface area contributed by atoms with Crippen molar-refractivity contribution in [3.8, 4) is 0 Å². The molecule has 2 fully saturated rings. The lowest BCUT2D eigenvalue weighted by Crippen LogP contribution is -2.47. The smallest absolute Gasteiger partial charge is 0.102 e. The predicted octanol–water partition coefficient (Wildman–Crippen LogP) is 5.88. The van der Waals surface area contributed by atoms with E-state index in [1.807, 2.05) is 27.7 Å². The second kappa shape index (κ2) is 17.9. The topological polar surface area (TPSA) is 57.8 Å². The van der Waals surface area contributed by atoms with E-state index < -0.39 is 0 Å². The largest absolute Gasteiger partial charge is 0.385 e. The maximum absolute atomic E-state index is 3.88. The van der Waals surface area contributed by atoms with Crippen LogP contribution in [0.3, 0.4) is 0 Å². The molecule has 0 bridgehead atoms. The van der Waals surface area contributed by atoms with Gasteiger partial charge in [-0.1, -0.05) is 58.0 Å². The van der Waals surface area contributed by atoms with Gasteiger partial charge in [-0.2, -0.15) is 0 Å². The third kappa shape index (κ3) is 9.54. The number of allylic oxidation sites excluding steroid dienone is 2. The number of nitrogens with zero attached hydrogens (tertiary/aromatic N) is 3. The Morgan fingerprint density at radius 3 is 2.22 bits per heavy atom. The van der Waals surface area contributed by atoms with Crippen molar-refractivity contribution in [2.75, 3.05) is 83.2 Å². The molecule has 0 amide bonds. The van der Waals surface area contributed by atoms with E-state index >= 15 is 0 Å². The average molecular weight is 614 g/mol. The first-order valence-corrected chi connectivity index (χ1v) is 17.6. The zero-order chi connectivity index (χ0) is 32.0. The SMILES string of the molecule is CC.CC.CN(C)CCCNC1=CC(C2=CC=C(N3CCNCC3)NC2)Nc2cc(Cc3ccc(N4CCCC4)cc3)ccc21. The van der Waals surface area contributed by atoms with E-state index in [9.17, 15) is 0 Å². The Hall–Kier alpha value is -3.42. The van der Waals surface area contributed by atoms with Crippen molar-refractivity contribution in [3.63, 3.8) is 0 Å². The van der Waals surface area contributed by atoms with Crippen molar-refractivity contribution in [1.82, 2.24) is 25.8 Å². The Bertz CT molecular complexity index is 1270. The Balaban J connectivity index is 0.00000111. The van der Waals surface area contributed by atoms with Crippen LogP contribution in [0.15, 0.2) is 72.1 Å². The summed E-state index contributed by atoms with van der Waals surface area (Å²) in [5.74, 6) is 1.25. The van der Waals surface area contributed by atoms with Crippen LogP contribution in [0, 0.1) is 0 Å². The number of benzene rings is 2. The monoisotopic (exact) mass is 613 g/mol. The molecule has 45 heavy (non-hydrogen) atoms. The van der Waals surface area contributed by atoms with Crippen LogP contribution >= 0.6 is 0 Å². The average Bonchev–Trinajstić information content (AvgIpc) is 3.64. The number of rotatable bonds is 10. The molecule has 4 heterocycles. The van der Waals surface area contributed by atoms with Crippen LogP contribution in [0.4, 0.5) is 11.4 Å². The van der Waals surface area contributed by atoms with Crippen LogP contribution in [0.5, 0.6) is 0 Å². The molecular formula is C38H59N7. The van der Waals surface area contributed by atoms with Gasteiger partial charge in [0.15, 0.2) is 0 Å². The molecule has 4 aliphatic heterocycles. The molecule has 1 unspecified atom stereocenters. The molecular weight excluding hydrogens is 554 g/mol. The van der Waals surface area contributed by atoms with E-state index in [4.69, 9.17) is 0 Å². The highest BCUT2D eigenvalue weighted by molar-refractivity contribution is 5.80. The van der Waals surface area contributed by atoms with Crippen LogP contribution in [-0.4, -0.2) is 88.8 Å². The number of fused-ring (bicyclic) bond motifs is 1. The molecule has 7 heteroatoms. The van der Waals surface area contributed by atoms with E-state index in [2.05, 4.69) is 111 Å². The standard InChI is InChI=1S/C34H47N7.2C2H6/c1-39(2)17-5-14-36-32-24-31(28-9-13-34(37-25-28)41-20-15-35-16-21-41)38-33-23-27(8-12-30(32)33)22-26-6-10-29(11-7-26)40-18-3-4-19-40;2*1-2/h6-13,23-24,31,35-38H,3-5,14-22,25H2,1-2H3;2*1-2H3. The van der Waals surface area contributed by atoms with Crippen LogP contribution in [0.2, 0.25) is 0 Å². The van der Waals surface area contributed by atoms with E-state index in [1.165, 1.54) is 71.1 Å². The van der Waals surface area contributed by atoms with Crippen molar-refractivity contribution < 1.29 is 0 Å². The zero-order valence-electron chi connectivity index (χ0n) is 28.9. The van der Waals surface area contributed by atoms with Crippen LogP contribution < -0.4 is 26.2 Å². The molecule has 0 spiro atoms. The maximum Gasteiger partial charge on any atom is 0.102 e. The summed E-state index contributed by atoms with van der Waals surface area (Å²) in [7, 11) is 4.28. The highest BCUT2D eigenvalue weighted by Crippen LogP contribution is 2.32. The number of hydrogen-bond acceptors (Lipinski definition) is 7. The van der Waals surface area contributed by atoms with Gasteiger partial charge in [0, 0.05) is 75.0 Å². The van der Waals surface area contributed by atoms with Gasteiger partial charge >= 0.3 is 0 Å². The third-order valence-electron chi connectivity index (χ3n) is 8.72. The number of piperazine rings is 1. The number of anilines is 2. The second-order valence-electron chi connectivity index (χ2n) is 12.1. The van der Waals surface area contributed by atoms with Crippen LogP contribution in [0.25, 0.3) is 5.70 Å². The lowest BCUT2D eigenvalue weighted by atomic mass is 9.93. The molecule has 7 nitrogen and oxygen atoms in total. The van der Waals surface area contributed by atoms with E-state index in [0.29, 0.717) is 0 Å². The number of nitrogens with one attached hydrogen (secondary N) is 4. The number of hydrogen-bond donors (Lipinski definition) is 4. The van der Waals surface area contributed by atoms with Gasteiger partial charge in [0.2, 0.25) is 0 Å². The van der Waals surface area contributed by atoms with Gasteiger partial charge in [-0.15, -0.1) is 0 Å². The van der Waals surface area contributed by atoms with E-state index in [1.54, 1.807) is 0 Å². The van der Waals surface area contributed by atoms with Gasteiger partial charge in [0.25, 0.3) is 0 Å². The van der Waals surface area contributed by atoms with E-state index in [-0.39, 0.29) is 6.04 Å². The fourth-order valence-corrected chi connectivity index (χ4v) is 6.36. The lowest BCUT2D eigenvalue weighted by Gasteiger charge is -2.35. The minimum absolute atomic E-state index is 0.155. The first-order valence-electron chi connectivity index (χ1n) is 17.6. The Morgan fingerprint density at radius 1 is 0.844 bits per heavy atom. The quantitative estimate of drug-likeness (QED) is 0.250. The first-order chi connectivity index (χ1) is 22.1. The summed E-state index contributed by atoms with van der Waals surface area (Å²) in [6.07, 6.45) is 11.6. The molecule has 2 aromatic rings. The summed E-state index contributed by atoms with van der Waals surface area (Å²) < 4.78 is 0. The van der Waals surface area contributed by atoms with E-state index in [0.717, 1.165) is 58.7 Å². The third-order valence-corrected chi connectivity index (χ3v) is 8.72. The Kier molecular flexibility index (Phi) is 13.7. The maximum atomic E-state index is 3.88. The summed E-state index contributed by atoms with van der Waals surface area (Å²) >= 11 is 0. The molecule has 0 aliphatic carbocycles. The first kappa shape index (κ1) is 34.5. The highest BCUT2D eigenvalue weighted by Gasteiger charge is 2.24. The normalized spacial score (nSPS) is 19.0. The van der Waals surface area contributed by atoms with Gasteiger partial charge < -0.3 is 36.0 Å². The summed E-state index contributed by atoms with van der Waals surface area (Å²) in [5.41, 5.74) is 9.15. The molecule has 2 saturated heterocycles. The van der Waals surface area contributed by atoms with Crippen molar-refractivity contribution >= 4 is 17.1 Å². The minimum Gasteiger partial charge on any atom is -0.385 e. The fourth-order valence-electron chi connectivity index (χ4n) is 6.36. The summed E-state index contributed by atoms with van der Waals surface area (Å²) in [6, 6.07) is 16.3. The Morgan fingerprint density at radius 2 is 1.56 bits per heavy atom. The molecule has 6 rings (SSSR count). The number of dihydropyridines is 1. The molecule has 2 aromatic carbocycles. The molecule has 0 saturated carbocycles. The Labute approximate surface area is 273 Å². The molecule has 4 aliphatic rings. The van der Waals surface area contributed by atoms with Crippen LogP contribution in [0.1, 0.15) is 63.6 Å². The lowest BCUT2D eigenvalue weighted by molar-refractivity contribution is 0.281. The van der Waals surface area contributed by atoms with Crippen molar-refractivity contribution in [3.05, 3.63) is 88.8 Å². The highest BCUT2D eigenvalue weighted by atomic mass is 15.3. The summed E-state index contributed by atoms with van der Waals surface area (Å²) in [6.45, 7) is 17.5. The van der Waals surface area contributed by atoms with Gasteiger partial charge in [0.05, 0.1) is 6.04 Å². The van der Waals surface area contributed by atoms with Gasteiger partial charge in [-0.05, 0) is 93.4 Å². The molecule has 246 valence electrons. The van der Waals surface area contributed by atoms with Gasteiger partial charge in [-0.3, -0.25) is 0 Å². The van der Waals surface area contributed by atoms with Crippen molar-refractivity contribution in [2.24, 2.45) is 0 Å². The molecule has 4 N–H and O–H groups in total. The minimum atomic E-state index is 0.155. The molecule has 0 aromatic heterocycles. The summed E-state index contributed by atoms with van der Waals surface area (Å²) in [5, 5.41) is 14.8. The van der Waals surface area contributed by atoms with Crippen molar-refractivity contribution in [1.29, 1.82) is 0 Å². The predicted molar refractivity (Wildman–Crippen MR) is 195 cm³/mol. The van der Waals surface area contributed by atoms with Gasteiger partial charge in [0.1, 0.15) is 5.82 Å². The van der Waals surface area contributed by atoms with Crippen LogP contribution in [-0.2, 0) is 6.42 Å². The molecule has 0 radical (unpaired) electrons. The van der Waals surface area contributed by atoms with Gasteiger partial charge in [-0.25, -0.2) is 0 Å². The molecule has 1 atom stereocenters. The summed E-state index contributed by atoms with van der Waals surface area (Å²) in [4.78, 5) is 7.20.